The summed E-state index contributed by atoms with van der Waals surface area (Å²) in [5.74, 6) is -0.570. The Bertz CT molecular complexity index is 1200. The van der Waals surface area contributed by atoms with E-state index in [4.69, 9.17) is 0 Å². The minimum absolute atomic E-state index is 0.0213. The first-order valence-electron chi connectivity index (χ1n) is 11.6. The summed E-state index contributed by atoms with van der Waals surface area (Å²) in [6, 6.07) is 7.97. The van der Waals surface area contributed by atoms with Gasteiger partial charge in [0.05, 0.1) is 22.0 Å². The van der Waals surface area contributed by atoms with Gasteiger partial charge in [-0.25, -0.2) is 14.5 Å². The third kappa shape index (κ3) is 5.86. The van der Waals surface area contributed by atoms with Crippen molar-refractivity contribution in [1.29, 1.82) is 0 Å². The minimum atomic E-state index is -4.79. The molecule has 2 N–H and O–H groups in total. The largest absolute Gasteiger partial charge is 0.435 e. The first-order valence-corrected chi connectivity index (χ1v) is 12.4. The predicted molar refractivity (Wildman–Crippen MR) is 129 cm³/mol. The van der Waals surface area contributed by atoms with Crippen LogP contribution in [0.5, 0.6) is 0 Å². The number of hydrogen-bond donors (Lipinski definition) is 2. The maximum Gasteiger partial charge on any atom is 0.435 e. The Labute approximate surface area is 210 Å². The number of carbonyl (C=O) groups is 2. The molecule has 1 aliphatic heterocycles. The standard InChI is InChI=1S/C24H27F3N6O2S/c1-15-16(2)36-22(30-15)17-8-12-32(13-9-17)23(35)29-11-10-28-21(34)19-14-33(18-6-4-3-5-7-18)31-20(19)24(25,26)27/h3-7,14,17H,8-13H2,1-2H3,(H,28,34)(H,29,35). The Kier molecular flexibility index (Phi) is 7.62. The van der Waals surface area contributed by atoms with Crippen LogP contribution in [0.25, 0.3) is 5.69 Å². The van der Waals surface area contributed by atoms with Crippen LogP contribution in [0.2, 0.25) is 0 Å². The topological polar surface area (TPSA) is 92.2 Å². The van der Waals surface area contributed by atoms with Gasteiger partial charge in [0.15, 0.2) is 5.69 Å². The third-order valence-electron chi connectivity index (χ3n) is 6.11. The van der Waals surface area contributed by atoms with Crippen LogP contribution in [-0.2, 0) is 6.18 Å². The van der Waals surface area contributed by atoms with Crippen molar-refractivity contribution in [3.8, 4) is 5.69 Å². The summed E-state index contributed by atoms with van der Waals surface area (Å²) in [4.78, 5) is 32.5. The lowest BCUT2D eigenvalue weighted by molar-refractivity contribution is -0.141. The van der Waals surface area contributed by atoms with Gasteiger partial charge < -0.3 is 15.5 Å². The van der Waals surface area contributed by atoms with E-state index < -0.39 is 23.3 Å². The van der Waals surface area contributed by atoms with Crippen LogP contribution in [0.4, 0.5) is 18.0 Å². The molecule has 0 atom stereocenters. The molecule has 3 heterocycles. The van der Waals surface area contributed by atoms with Gasteiger partial charge in [0.25, 0.3) is 5.91 Å². The van der Waals surface area contributed by atoms with Crippen LogP contribution in [0, 0.1) is 13.8 Å². The molecule has 12 heteroatoms. The maximum absolute atomic E-state index is 13.5. The summed E-state index contributed by atoms with van der Waals surface area (Å²) in [5.41, 5.74) is -0.390. The molecule has 1 fully saturated rings. The second-order valence-electron chi connectivity index (χ2n) is 8.61. The zero-order chi connectivity index (χ0) is 25.9. The van der Waals surface area contributed by atoms with Gasteiger partial charge in [-0.1, -0.05) is 18.2 Å². The highest BCUT2D eigenvalue weighted by molar-refractivity contribution is 7.11. The molecule has 8 nitrogen and oxygen atoms in total. The van der Waals surface area contributed by atoms with Crippen LogP contribution in [-0.4, -0.2) is 57.8 Å². The molecule has 0 radical (unpaired) electrons. The van der Waals surface area contributed by atoms with Crippen molar-refractivity contribution < 1.29 is 22.8 Å². The molecule has 192 valence electrons. The van der Waals surface area contributed by atoms with Gasteiger partial charge in [-0.15, -0.1) is 11.3 Å². The van der Waals surface area contributed by atoms with Gasteiger partial charge in [0, 0.05) is 43.2 Å². The SMILES string of the molecule is Cc1nc(C2CCN(C(=O)NCCNC(=O)c3cn(-c4ccccc4)nc3C(F)(F)F)CC2)sc1C. The number of aryl methyl sites for hydroxylation is 2. The molecule has 0 bridgehead atoms. The van der Waals surface area contributed by atoms with E-state index in [2.05, 4.69) is 27.6 Å². The fraction of sp³-hybridized carbons (Fsp3) is 0.417. The second kappa shape index (κ2) is 10.7. The maximum atomic E-state index is 13.5. The summed E-state index contributed by atoms with van der Waals surface area (Å²) in [6.07, 6.45) is -2.09. The number of thiazole rings is 1. The zero-order valence-electron chi connectivity index (χ0n) is 19.9. The van der Waals surface area contributed by atoms with Crippen molar-refractivity contribution in [2.24, 2.45) is 0 Å². The average molecular weight is 521 g/mol. The fourth-order valence-electron chi connectivity index (χ4n) is 4.02. The molecular formula is C24H27F3N6O2S. The van der Waals surface area contributed by atoms with E-state index in [0.29, 0.717) is 24.7 Å². The highest BCUT2D eigenvalue weighted by Crippen LogP contribution is 2.33. The summed E-state index contributed by atoms with van der Waals surface area (Å²) < 4.78 is 41.4. The molecule has 0 spiro atoms. The van der Waals surface area contributed by atoms with Gasteiger partial charge in [-0.05, 0) is 38.8 Å². The molecular weight excluding hydrogens is 493 g/mol. The van der Waals surface area contributed by atoms with Gasteiger partial charge >= 0.3 is 12.2 Å². The van der Waals surface area contributed by atoms with Crippen molar-refractivity contribution >= 4 is 23.3 Å². The minimum Gasteiger partial charge on any atom is -0.350 e. The number of hydrogen-bond acceptors (Lipinski definition) is 5. The lowest BCUT2D eigenvalue weighted by Gasteiger charge is -2.31. The lowest BCUT2D eigenvalue weighted by atomic mass is 9.98. The normalized spacial score (nSPS) is 14.6. The average Bonchev–Trinajstić information content (AvgIpc) is 3.46. The van der Waals surface area contributed by atoms with E-state index in [1.807, 2.05) is 6.92 Å². The zero-order valence-corrected chi connectivity index (χ0v) is 20.7. The smallest absolute Gasteiger partial charge is 0.350 e. The van der Waals surface area contributed by atoms with Gasteiger partial charge in [0.1, 0.15) is 0 Å². The molecule has 1 saturated heterocycles. The molecule has 3 aromatic rings. The number of nitrogens with zero attached hydrogens (tertiary/aromatic N) is 4. The lowest BCUT2D eigenvalue weighted by Crippen LogP contribution is -2.46. The number of nitrogens with one attached hydrogen (secondary N) is 2. The number of carbonyl (C=O) groups excluding carboxylic acids is 2. The third-order valence-corrected chi connectivity index (χ3v) is 7.35. The molecule has 0 unspecified atom stereocenters. The molecule has 4 rings (SSSR count). The number of alkyl halides is 3. The summed E-state index contributed by atoms with van der Waals surface area (Å²) in [5, 5.41) is 9.85. The molecule has 2 aromatic heterocycles. The van der Waals surface area contributed by atoms with E-state index in [1.165, 1.54) is 4.88 Å². The molecule has 3 amide bonds. The van der Waals surface area contributed by atoms with Crippen LogP contribution in [0.15, 0.2) is 36.5 Å². The van der Waals surface area contributed by atoms with Crippen molar-refractivity contribution in [3.63, 3.8) is 0 Å². The van der Waals surface area contributed by atoms with E-state index in [1.54, 1.807) is 46.6 Å². The Hall–Kier alpha value is -3.41. The van der Waals surface area contributed by atoms with Crippen molar-refractivity contribution in [1.82, 2.24) is 30.3 Å². The Morgan fingerprint density at radius 2 is 1.75 bits per heavy atom. The number of benzene rings is 1. The van der Waals surface area contributed by atoms with E-state index >= 15 is 0 Å². The molecule has 0 saturated carbocycles. The number of rotatable bonds is 6. The Balaban J connectivity index is 1.27. The highest BCUT2D eigenvalue weighted by atomic mass is 32.1. The van der Waals surface area contributed by atoms with Gasteiger partial charge in [-0.3, -0.25) is 4.79 Å². The Morgan fingerprint density at radius 1 is 1.08 bits per heavy atom. The highest BCUT2D eigenvalue weighted by Gasteiger charge is 2.39. The van der Waals surface area contributed by atoms with Crippen molar-refractivity contribution in [3.05, 3.63) is 63.4 Å². The monoisotopic (exact) mass is 520 g/mol. The number of likely N-dealkylation sites (tertiary alicyclic amines) is 1. The fourth-order valence-corrected chi connectivity index (χ4v) is 5.11. The van der Waals surface area contributed by atoms with Crippen LogP contribution in [0.3, 0.4) is 0 Å². The number of aromatic nitrogens is 3. The number of piperidine rings is 1. The van der Waals surface area contributed by atoms with E-state index in [-0.39, 0.29) is 19.1 Å². The van der Waals surface area contributed by atoms with Crippen molar-refractivity contribution in [2.75, 3.05) is 26.2 Å². The number of amides is 3. The Morgan fingerprint density at radius 3 is 2.36 bits per heavy atom. The predicted octanol–water partition coefficient (Wildman–Crippen LogP) is 4.28. The second-order valence-corrected chi connectivity index (χ2v) is 9.85. The summed E-state index contributed by atoms with van der Waals surface area (Å²) in [7, 11) is 0. The number of urea groups is 1. The number of para-hydroxylation sites is 1. The molecule has 0 aliphatic carbocycles. The molecule has 36 heavy (non-hydrogen) atoms. The first kappa shape index (κ1) is 25.7. The van der Waals surface area contributed by atoms with E-state index in [9.17, 15) is 22.8 Å². The summed E-state index contributed by atoms with van der Waals surface area (Å²) >= 11 is 1.70. The summed E-state index contributed by atoms with van der Waals surface area (Å²) in [6.45, 7) is 5.30. The molecule has 1 aromatic carbocycles. The first-order chi connectivity index (χ1) is 17.1. The van der Waals surface area contributed by atoms with Crippen LogP contribution in [0.1, 0.15) is 50.4 Å². The number of halogens is 3. The van der Waals surface area contributed by atoms with Gasteiger partial charge in [-0.2, -0.15) is 18.3 Å². The van der Waals surface area contributed by atoms with E-state index in [0.717, 1.165) is 34.4 Å². The quantitative estimate of drug-likeness (QED) is 0.475. The van der Waals surface area contributed by atoms with Gasteiger partial charge in [0.2, 0.25) is 0 Å². The molecule has 1 aliphatic rings. The van der Waals surface area contributed by atoms with Crippen molar-refractivity contribution in [2.45, 2.75) is 38.8 Å². The van der Waals surface area contributed by atoms with Crippen LogP contribution < -0.4 is 10.6 Å². The van der Waals surface area contributed by atoms with Crippen LogP contribution >= 0.6 is 11.3 Å².